The third-order valence-corrected chi connectivity index (χ3v) is 4.02. The van der Waals surface area contributed by atoms with E-state index in [1.165, 1.54) is 11.1 Å². The van der Waals surface area contributed by atoms with E-state index in [-0.39, 0.29) is 0 Å². The Balaban J connectivity index is 1.80. The molecule has 1 aromatic heterocycles. The van der Waals surface area contributed by atoms with Crippen LogP contribution in [0, 0.1) is 0 Å². The number of aromatic carboxylic acids is 1. The molecule has 1 aromatic carbocycles. The van der Waals surface area contributed by atoms with Crippen LogP contribution in [0.5, 0.6) is 0 Å². The second kappa shape index (κ2) is 5.69. The van der Waals surface area contributed by atoms with Crippen LogP contribution in [0.3, 0.4) is 0 Å². The molecular weight excluding hydrogens is 266 g/mol. The molecule has 0 spiro atoms. The second-order valence-corrected chi connectivity index (χ2v) is 5.37. The molecule has 5 nitrogen and oxygen atoms in total. The third kappa shape index (κ3) is 2.69. The SMILES string of the molecule is CCn1ncc(CN2CCc3ccccc3C2)c1C(=O)O. The van der Waals surface area contributed by atoms with Crippen LogP contribution in [0.4, 0.5) is 0 Å². The van der Waals surface area contributed by atoms with Crippen molar-refractivity contribution in [1.82, 2.24) is 14.7 Å². The topological polar surface area (TPSA) is 58.4 Å². The normalized spacial score (nSPS) is 14.9. The van der Waals surface area contributed by atoms with Crippen LogP contribution < -0.4 is 0 Å². The first-order valence-electron chi connectivity index (χ1n) is 7.26. The molecule has 0 radical (unpaired) electrons. The second-order valence-electron chi connectivity index (χ2n) is 5.37. The highest BCUT2D eigenvalue weighted by Crippen LogP contribution is 2.21. The fourth-order valence-electron chi connectivity index (χ4n) is 2.96. The fraction of sp³-hybridized carbons (Fsp3) is 0.375. The number of aryl methyl sites for hydroxylation is 1. The first-order valence-corrected chi connectivity index (χ1v) is 7.26. The van der Waals surface area contributed by atoms with Crippen LogP contribution >= 0.6 is 0 Å². The molecule has 2 aromatic rings. The molecule has 0 saturated heterocycles. The van der Waals surface area contributed by atoms with E-state index >= 15 is 0 Å². The molecule has 3 rings (SSSR count). The molecule has 0 unspecified atom stereocenters. The van der Waals surface area contributed by atoms with Crippen molar-refractivity contribution in [2.75, 3.05) is 6.54 Å². The van der Waals surface area contributed by atoms with Gasteiger partial charge in [-0.05, 0) is 24.5 Å². The molecule has 0 saturated carbocycles. The minimum absolute atomic E-state index is 0.316. The monoisotopic (exact) mass is 285 g/mol. The van der Waals surface area contributed by atoms with Gasteiger partial charge >= 0.3 is 5.97 Å². The van der Waals surface area contributed by atoms with Crippen molar-refractivity contribution in [3.63, 3.8) is 0 Å². The Labute approximate surface area is 123 Å². The number of hydrogen-bond donors (Lipinski definition) is 1. The Morgan fingerprint density at radius 3 is 2.81 bits per heavy atom. The summed E-state index contributed by atoms with van der Waals surface area (Å²) in [5.74, 6) is -0.901. The number of rotatable bonds is 4. The summed E-state index contributed by atoms with van der Waals surface area (Å²) in [7, 11) is 0. The largest absolute Gasteiger partial charge is 0.477 e. The molecule has 0 bridgehead atoms. The lowest BCUT2D eigenvalue weighted by Crippen LogP contribution is -2.30. The van der Waals surface area contributed by atoms with E-state index in [4.69, 9.17) is 0 Å². The minimum Gasteiger partial charge on any atom is -0.477 e. The summed E-state index contributed by atoms with van der Waals surface area (Å²) in [6.45, 7) is 4.93. The van der Waals surface area contributed by atoms with Crippen molar-refractivity contribution in [3.05, 3.63) is 52.8 Å². The maximum Gasteiger partial charge on any atom is 0.354 e. The number of aromatic nitrogens is 2. The van der Waals surface area contributed by atoms with Crippen LogP contribution in [0.2, 0.25) is 0 Å². The number of carboxylic acid groups (broad SMARTS) is 1. The van der Waals surface area contributed by atoms with Crippen LogP contribution in [0.25, 0.3) is 0 Å². The standard InChI is InChI=1S/C16H19N3O2/c1-2-19-15(16(20)21)14(9-17-19)11-18-8-7-12-5-3-4-6-13(12)10-18/h3-6,9H,2,7-8,10-11H2,1H3,(H,20,21). The van der Waals surface area contributed by atoms with Crippen molar-refractivity contribution in [2.45, 2.75) is 33.0 Å². The molecule has 1 N–H and O–H groups in total. The van der Waals surface area contributed by atoms with E-state index in [1.54, 1.807) is 10.9 Å². The number of benzene rings is 1. The first kappa shape index (κ1) is 13.8. The van der Waals surface area contributed by atoms with E-state index < -0.39 is 5.97 Å². The molecule has 0 fully saturated rings. The van der Waals surface area contributed by atoms with Gasteiger partial charge in [-0.1, -0.05) is 24.3 Å². The van der Waals surface area contributed by atoms with Gasteiger partial charge in [0.25, 0.3) is 0 Å². The fourth-order valence-corrected chi connectivity index (χ4v) is 2.96. The summed E-state index contributed by atoms with van der Waals surface area (Å²) in [6, 6.07) is 8.45. The van der Waals surface area contributed by atoms with Gasteiger partial charge in [-0.25, -0.2) is 4.79 Å². The zero-order chi connectivity index (χ0) is 14.8. The molecule has 1 aliphatic rings. The summed E-state index contributed by atoms with van der Waals surface area (Å²) in [6.07, 6.45) is 2.70. The predicted molar refractivity (Wildman–Crippen MR) is 79.1 cm³/mol. The Kier molecular flexibility index (Phi) is 3.75. The average molecular weight is 285 g/mol. The number of carbonyl (C=O) groups is 1. The highest BCUT2D eigenvalue weighted by molar-refractivity contribution is 5.87. The van der Waals surface area contributed by atoms with Gasteiger partial charge in [0.2, 0.25) is 0 Å². The van der Waals surface area contributed by atoms with Crippen LogP contribution in [-0.4, -0.2) is 32.3 Å². The lowest BCUT2D eigenvalue weighted by molar-refractivity contribution is 0.0680. The van der Waals surface area contributed by atoms with Crippen molar-refractivity contribution in [2.24, 2.45) is 0 Å². The molecule has 110 valence electrons. The Bertz CT molecular complexity index is 663. The predicted octanol–water partition coefficient (Wildman–Crippen LogP) is 2.16. The average Bonchev–Trinajstić information content (AvgIpc) is 2.90. The summed E-state index contributed by atoms with van der Waals surface area (Å²) in [5.41, 5.74) is 3.85. The molecule has 2 heterocycles. The number of fused-ring (bicyclic) bond motifs is 1. The molecule has 21 heavy (non-hydrogen) atoms. The minimum atomic E-state index is -0.901. The van der Waals surface area contributed by atoms with Crippen molar-refractivity contribution >= 4 is 5.97 Å². The van der Waals surface area contributed by atoms with Crippen LogP contribution in [0.15, 0.2) is 30.5 Å². The van der Waals surface area contributed by atoms with Gasteiger partial charge in [0, 0.05) is 31.7 Å². The Hall–Kier alpha value is -2.14. The molecule has 0 amide bonds. The highest BCUT2D eigenvalue weighted by Gasteiger charge is 2.21. The van der Waals surface area contributed by atoms with Gasteiger partial charge in [-0.2, -0.15) is 5.10 Å². The van der Waals surface area contributed by atoms with E-state index in [0.717, 1.165) is 25.1 Å². The smallest absolute Gasteiger partial charge is 0.354 e. The summed E-state index contributed by atoms with van der Waals surface area (Å²) in [4.78, 5) is 13.7. The number of carboxylic acids is 1. The first-order chi connectivity index (χ1) is 10.2. The maximum atomic E-state index is 11.4. The molecule has 1 aliphatic heterocycles. The van der Waals surface area contributed by atoms with Crippen molar-refractivity contribution in [3.8, 4) is 0 Å². The molecule has 5 heteroatoms. The van der Waals surface area contributed by atoms with E-state index in [0.29, 0.717) is 18.8 Å². The van der Waals surface area contributed by atoms with Gasteiger partial charge in [-0.15, -0.1) is 0 Å². The van der Waals surface area contributed by atoms with Gasteiger partial charge < -0.3 is 5.11 Å². The van der Waals surface area contributed by atoms with Crippen molar-refractivity contribution in [1.29, 1.82) is 0 Å². The van der Waals surface area contributed by atoms with E-state index in [9.17, 15) is 9.90 Å². The van der Waals surface area contributed by atoms with Crippen molar-refractivity contribution < 1.29 is 9.90 Å². The number of nitrogens with zero attached hydrogens (tertiary/aromatic N) is 3. The van der Waals surface area contributed by atoms with E-state index in [2.05, 4.69) is 34.3 Å². The van der Waals surface area contributed by atoms with Crippen LogP contribution in [0.1, 0.15) is 34.1 Å². The Morgan fingerprint density at radius 2 is 2.10 bits per heavy atom. The Morgan fingerprint density at radius 1 is 1.33 bits per heavy atom. The lowest BCUT2D eigenvalue weighted by atomic mass is 9.99. The molecule has 0 atom stereocenters. The quantitative estimate of drug-likeness (QED) is 0.935. The summed E-state index contributed by atoms with van der Waals surface area (Å²) in [5, 5.41) is 13.5. The summed E-state index contributed by atoms with van der Waals surface area (Å²) < 4.78 is 1.55. The van der Waals surface area contributed by atoms with E-state index in [1.807, 2.05) is 6.92 Å². The third-order valence-electron chi connectivity index (χ3n) is 4.02. The zero-order valence-corrected chi connectivity index (χ0v) is 12.1. The van der Waals surface area contributed by atoms with Gasteiger partial charge in [0.15, 0.2) is 5.69 Å². The zero-order valence-electron chi connectivity index (χ0n) is 12.1. The highest BCUT2D eigenvalue weighted by atomic mass is 16.4. The van der Waals surface area contributed by atoms with Gasteiger partial charge in [0.1, 0.15) is 0 Å². The molecule has 0 aliphatic carbocycles. The lowest BCUT2D eigenvalue weighted by Gasteiger charge is -2.28. The maximum absolute atomic E-state index is 11.4. The van der Waals surface area contributed by atoms with Gasteiger partial charge in [0.05, 0.1) is 6.20 Å². The van der Waals surface area contributed by atoms with Crippen LogP contribution in [-0.2, 0) is 26.1 Å². The summed E-state index contributed by atoms with van der Waals surface area (Å²) >= 11 is 0. The number of hydrogen-bond acceptors (Lipinski definition) is 3. The van der Waals surface area contributed by atoms with Gasteiger partial charge in [-0.3, -0.25) is 9.58 Å². The molecular formula is C16H19N3O2.